The van der Waals surface area contributed by atoms with Crippen LogP contribution in [0.4, 0.5) is 19.0 Å². The Labute approximate surface area is 312 Å². The number of aromatic nitrogens is 2. The first-order chi connectivity index (χ1) is 25.8. The van der Waals surface area contributed by atoms with Crippen molar-refractivity contribution in [3.05, 3.63) is 95.2 Å². The van der Waals surface area contributed by atoms with Crippen molar-refractivity contribution in [2.24, 2.45) is 0 Å². The van der Waals surface area contributed by atoms with Crippen LogP contribution in [-0.2, 0) is 33.5 Å². The van der Waals surface area contributed by atoms with E-state index in [1.807, 2.05) is 31.1 Å². The molecule has 4 amide bonds. The lowest BCUT2D eigenvalue weighted by molar-refractivity contribution is -0.138. The highest BCUT2D eigenvalue weighted by Gasteiger charge is 2.39. The first-order valence-corrected chi connectivity index (χ1v) is 18.1. The van der Waals surface area contributed by atoms with E-state index in [2.05, 4.69) is 20.6 Å². The van der Waals surface area contributed by atoms with Crippen molar-refractivity contribution in [2.45, 2.75) is 44.4 Å². The molecule has 1 unspecified atom stereocenters. The summed E-state index contributed by atoms with van der Waals surface area (Å²) in [7, 11) is 3.68. The molecule has 5 aromatic rings. The van der Waals surface area contributed by atoms with Gasteiger partial charge in [-0.15, -0.1) is 11.3 Å². The second-order valence-electron chi connectivity index (χ2n) is 13.3. The van der Waals surface area contributed by atoms with E-state index in [1.165, 1.54) is 22.3 Å². The Morgan fingerprint density at radius 3 is 2.56 bits per heavy atom. The van der Waals surface area contributed by atoms with Gasteiger partial charge in [0.25, 0.3) is 11.8 Å². The zero-order chi connectivity index (χ0) is 38.1. The normalized spacial score (nSPS) is 15.7. The number of carbonyl (C=O) groups is 4. The van der Waals surface area contributed by atoms with Gasteiger partial charge in [0.2, 0.25) is 11.8 Å². The van der Waals surface area contributed by atoms with Crippen molar-refractivity contribution < 1.29 is 37.1 Å². The SMILES string of the molecule is CN(C)c1ccc(-c2ccc(-c3nc4ccc(CCCNC(=O)COc5ccc6c(c5)CN(C5CCC(=O)NC5=O)C6=O)cc4s3)c(C(F)(F)F)c2)cn1. The molecular weight excluding hydrogens is 722 g/mol. The first-order valence-electron chi connectivity index (χ1n) is 17.3. The number of fused-ring (bicyclic) bond motifs is 2. The summed E-state index contributed by atoms with van der Waals surface area (Å²) < 4.78 is 49.4. The van der Waals surface area contributed by atoms with Gasteiger partial charge in [-0.05, 0) is 84.5 Å². The molecule has 7 rings (SSSR count). The quantitative estimate of drug-likeness (QED) is 0.124. The van der Waals surface area contributed by atoms with Crippen LogP contribution < -0.4 is 20.3 Å². The van der Waals surface area contributed by atoms with Crippen LogP contribution in [0.15, 0.2) is 72.9 Å². The molecule has 3 aromatic carbocycles. The second kappa shape index (κ2) is 14.9. The van der Waals surface area contributed by atoms with E-state index in [-0.39, 0.29) is 54.3 Å². The zero-order valence-electron chi connectivity index (χ0n) is 29.3. The van der Waals surface area contributed by atoms with Crippen molar-refractivity contribution >= 4 is 51.0 Å². The number of benzene rings is 3. The molecule has 1 saturated heterocycles. The molecule has 2 aliphatic rings. The van der Waals surface area contributed by atoms with Crippen LogP contribution >= 0.6 is 11.3 Å². The first kappa shape index (κ1) is 36.5. The van der Waals surface area contributed by atoms with E-state index in [0.29, 0.717) is 58.7 Å². The number of nitrogens with zero attached hydrogens (tertiary/aromatic N) is 4. The number of amides is 4. The number of carbonyl (C=O) groups excluding carboxylic acids is 4. The molecule has 0 spiro atoms. The van der Waals surface area contributed by atoms with Crippen LogP contribution in [0.3, 0.4) is 0 Å². The van der Waals surface area contributed by atoms with Crippen molar-refractivity contribution in [1.29, 1.82) is 0 Å². The topological polar surface area (TPSA) is 134 Å². The van der Waals surface area contributed by atoms with E-state index in [1.54, 1.807) is 48.7 Å². The van der Waals surface area contributed by atoms with E-state index in [4.69, 9.17) is 4.74 Å². The summed E-state index contributed by atoms with van der Waals surface area (Å²) in [6, 6.07) is 17.5. The highest BCUT2D eigenvalue weighted by atomic mass is 32.1. The molecule has 2 aliphatic heterocycles. The molecule has 11 nitrogen and oxygen atoms in total. The molecule has 4 heterocycles. The monoisotopic (exact) mass is 756 g/mol. The van der Waals surface area contributed by atoms with Gasteiger partial charge in [0.05, 0.1) is 15.8 Å². The fourth-order valence-electron chi connectivity index (χ4n) is 6.57. The van der Waals surface area contributed by atoms with Gasteiger partial charge in [-0.25, -0.2) is 9.97 Å². The van der Waals surface area contributed by atoms with Gasteiger partial charge in [-0.3, -0.25) is 24.5 Å². The standard InChI is InChI=1S/C39H35F3N6O5S/c1-47(2)33-13-7-24(19-44-33)23-6-9-28(29(18-23)39(40,41)42)37-45-30-11-5-22(16-32(30)54-37)4-3-15-43-35(50)21-53-26-8-10-27-25(17-26)20-48(38(27)52)31-12-14-34(49)46-36(31)51/h5-11,13,16-19,31H,3-4,12,14-15,20-21H2,1-2H3,(H,43,50)(H,46,49,51). The third kappa shape index (κ3) is 7.76. The lowest BCUT2D eigenvalue weighted by Crippen LogP contribution is -2.52. The number of anilines is 1. The van der Waals surface area contributed by atoms with E-state index < -0.39 is 23.7 Å². The number of halogens is 3. The number of rotatable bonds is 11. The Kier molecular flexibility index (Phi) is 10.1. The maximum atomic E-state index is 14.3. The van der Waals surface area contributed by atoms with Gasteiger partial charge in [0, 0.05) is 56.5 Å². The Bertz CT molecular complexity index is 2270. The molecule has 0 saturated carbocycles. The maximum Gasteiger partial charge on any atom is 0.417 e. The van der Waals surface area contributed by atoms with Crippen LogP contribution in [-0.4, -0.2) is 71.8 Å². The Morgan fingerprint density at radius 2 is 1.81 bits per heavy atom. The molecule has 0 radical (unpaired) electrons. The van der Waals surface area contributed by atoms with Gasteiger partial charge in [-0.1, -0.05) is 18.2 Å². The number of piperidine rings is 1. The molecule has 2 aromatic heterocycles. The smallest absolute Gasteiger partial charge is 0.417 e. The molecule has 2 N–H and O–H groups in total. The molecule has 1 fully saturated rings. The van der Waals surface area contributed by atoms with Gasteiger partial charge >= 0.3 is 6.18 Å². The number of aryl methyl sites for hydroxylation is 1. The van der Waals surface area contributed by atoms with Crippen LogP contribution in [0.2, 0.25) is 0 Å². The summed E-state index contributed by atoms with van der Waals surface area (Å²) in [4.78, 5) is 61.4. The van der Waals surface area contributed by atoms with Crippen LogP contribution in [0.5, 0.6) is 5.75 Å². The number of hydrogen-bond donors (Lipinski definition) is 2. The molecule has 278 valence electrons. The number of nitrogens with one attached hydrogen (secondary N) is 2. The van der Waals surface area contributed by atoms with Gasteiger partial charge in [0.15, 0.2) is 6.61 Å². The molecule has 1 atom stereocenters. The Hall–Kier alpha value is -5.83. The van der Waals surface area contributed by atoms with Crippen LogP contribution in [0.1, 0.15) is 46.3 Å². The van der Waals surface area contributed by atoms with E-state index >= 15 is 0 Å². The predicted molar refractivity (Wildman–Crippen MR) is 197 cm³/mol. The van der Waals surface area contributed by atoms with Crippen LogP contribution in [0.25, 0.3) is 31.9 Å². The number of imide groups is 1. The third-order valence-electron chi connectivity index (χ3n) is 9.38. The highest BCUT2D eigenvalue weighted by molar-refractivity contribution is 7.21. The Morgan fingerprint density at radius 1 is 1.02 bits per heavy atom. The fraction of sp³-hybridized carbons (Fsp3) is 0.282. The molecule has 54 heavy (non-hydrogen) atoms. The van der Waals surface area contributed by atoms with Crippen LogP contribution in [0, 0.1) is 0 Å². The summed E-state index contributed by atoms with van der Waals surface area (Å²) in [5.74, 6) is -0.348. The number of alkyl halides is 3. The third-order valence-corrected chi connectivity index (χ3v) is 10.4. The number of thiazole rings is 1. The van der Waals surface area contributed by atoms with E-state index in [0.717, 1.165) is 16.3 Å². The summed E-state index contributed by atoms with van der Waals surface area (Å²) in [5.41, 5.74) is 2.92. The number of ether oxygens (including phenoxy) is 1. The minimum Gasteiger partial charge on any atom is -0.484 e. The summed E-state index contributed by atoms with van der Waals surface area (Å²) in [6.45, 7) is 0.341. The minimum atomic E-state index is -4.59. The van der Waals surface area contributed by atoms with Crippen molar-refractivity contribution in [3.8, 4) is 27.4 Å². The lowest BCUT2D eigenvalue weighted by atomic mass is 10.00. The van der Waals surface area contributed by atoms with Crippen molar-refractivity contribution in [2.75, 3.05) is 32.1 Å². The molecule has 0 bridgehead atoms. The number of pyridine rings is 1. The van der Waals surface area contributed by atoms with Gasteiger partial charge < -0.3 is 19.9 Å². The summed E-state index contributed by atoms with van der Waals surface area (Å²) in [5, 5.41) is 5.38. The van der Waals surface area contributed by atoms with Gasteiger partial charge in [0.1, 0.15) is 22.6 Å². The summed E-state index contributed by atoms with van der Waals surface area (Å²) in [6.07, 6.45) is -1.36. The molecular formula is C39H35F3N6O5S. The summed E-state index contributed by atoms with van der Waals surface area (Å²) >= 11 is 1.20. The Balaban J connectivity index is 0.923. The average Bonchev–Trinajstić information content (AvgIpc) is 3.72. The number of hydrogen-bond acceptors (Lipinski definition) is 9. The van der Waals surface area contributed by atoms with E-state index in [9.17, 15) is 32.3 Å². The molecule has 15 heteroatoms. The largest absolute Gasteiger partial charge is 0.484 e. The van der Waals surface area contributed by atoms with Crippen molar-refractivity contribution in [1.82, 2.24) is 25.5 Å². The predicted octanol–water partition coefficient (Wildman–Crippen LogP) is 6.00. The maximum absolute atomic E-state index is 14.3. The second-order valence-corrected chi connectivity index (χ2v) is 14.4. The molecule has 0 aliphatic carbocycles. The highest BCUT2D eigenvalue weighted by Crippen LogP contribution is 2.42. The van der Waals surface area contributed by atoms with Crippen molar-refractivity contribution in [3.63, 3.8) is 0 Å². The lowest BCUT2D eigenvalue weighted by Gasteiger charge is -2.29. The van der Waals surface area contributed by atoms with Gasteiger partial charge in [-0.2, -0.15) is 13.2 Å². The average molecular weight is 757 g/mol. The zero-order valence-corrected chi connectivity index (χ0v) is 30.1. The minimum absolute atomic E-state index is 0.0133. The fourth-order valence-corrected chi connectivity index (χ4v) is 7.64.